The minimum absolute atomic E-state index is 0.272. The van der Waals surface area contributed by atoms with Crippen LogP contribution in [0, 0.1) is 0 Å². The van der Waals surface area contributed by atoms with Gasteiger partial charge in [-0.15, -0.1) is 10.2 Å². The topological polar surface area (TPSA) is 80.4 Å². The summed E-state index contributed by atoms with van der Waals surface area (Å²) in [6.45, 7) is 0. The van der Waals surface area contributed by atoms with Gasteiger partial charge in [0.1, 0.15) is 11.3 Å². The van der Waals surface area contributed by atoms with Crippen molar-refractivity contribution in [3.63, 3.8) is 0 Å². The molecule has 4 aromatic rings. The van der Waals surface area contributed by atoms with Crippen LogP contribution in [0.15, 0.2) is 42.7 Å². The van der Waals surface area contributed by atoms with Crippen molar-refractivity contribution >= 4 is 33.0 Å². The van der Waals surface area contributed by atoms with E-state index in [-0.39, 0.29) is 5.56 Å². The summed E-state index contributed by atoms with van der Waals surface area (Å²) in [6, 6.07) is 10.9. The number of hydrogen-bond acceptors (Lipinski definition) is 5. The smallest absolute Gasteiger partial charge is 0.336 e. The van der Waals surface area contributed by atoms with Crippen LogP contribution in [0.3, 0.4) is 0 Å². The lowest BCUT2D eigenvalue weighted by Crippen LogP contribution is -1.98. The van der Waals surface area contributed by atoms with E-state index in [0.717, 1.165) is 16.0 Å². The van der Waals surface area contributed by atoms with Crippen molar-refractivity contribution in [2.45, 2.75) is 0 Å². The van der Waals surface area contributed by atoms with Crippen LogP contribution < -0.4 is 0 Å². The van der Waals surface area contributed by atoms with Gasteiger partial charge in [-0.05, 0) is 11.5 Å². The minimum Gasteiger partial charge on any atom is -0.478 e. The van der Waals surface area contributed by atoms with Crippen LogP contribution >= 0.6 is 11.3 Å². The van der Waals surface area contributed by atoms with Gasteiger partial charge in [0.15, 0.2) is 0 Å². The molecule has 0 radical (unpaired) electrons. The maximum absolute atomic E-state index is 11.5. The lowest BCUT2D eigenvalue weighted by molar-refractivity contribution is 0.0699. The van der Waals surface area contributed by atoms with Crippen molar-refractivity contribution in [1.82, 2.24) is 19.8 Å². The number of carboxylic acid groups (broad SMARTS) is 1. The Labute approximate surface area is 122 Å². The van der Waals surface area contributed by atoms with Crippen LogP contribution in [-0.4, -0.2) is 30.9 Å². The number of fused-ring (bicyclic) bond motifs is 2. The average Bonchev–Trinajstić information content (AvgIpc) is 3.07. The zero-order chi connectivity index (χ0) is 14.4. The molecule has 0 amide bonds. The Balaban J connectivity index is 2.08. The molecule has 1 N–H and O–H groups in total. The second-order valence-corrected chi connectivity index (χ2v) is 5.44. The highest BCUT2D eigenvalue weighted by atomic mass is 32.1. The SMILES string of the molecule is O=C(O)c1cccc2cccc(-c3nn4cnnc4s3)c12. The molecule has 0 spiro atoms. The van der Waals surface area contributed by atoms with Gasteiger partial charge in [-0.25, -0.2) is 4.79 Å². The van der Waals surface area contributed by atoms with Gasteiger partial charge in [-0.1, -0.05) is 41.7 Å². The Kier molecular flexibility index (Phi) is 2.48. The predicted molar refractivity (Wildman–Crippen MR) is 78.6 cm³/mol. The number of nitrogens with zero attached hydrogens (tertiary/aromatic N) is 4. The number of aromatic nitrogens is 4. The Morgan fingerprint density at radius 2 is 2.00 bits per heavy atom. The quantitative estimate of drug-likeness (QED) is 0.615. The van der Waals surface area contributed by atoms with Gasteiger partial charge in [0.25, 0.3) is 0 Å². The molecule has 0 atom stereocenters. The van der Waals surface area contributed by atoms with E-state index in [1.165, 1.54) is 17.7 Å². The highest BCUT2D eigenvalue weighted by molar-refractivity contribution is 7.19. The van der Waals surface area contributed by atoms with Gasteiger partial charge in [-0.2, -0.15) is 9.61 Å². The van der Waals surface area contributed by atoms with E-state index in [1.54, 1.807) is 16.6 Å². The van der Waals surface area contributed by atoms with Crippen LogP contribution in [0.4, 0.5) is 0 Å². The summed E-state index contributed by atoms with van der Waals surface area (Å²) in [5, 5.41) is 23.8. The van der Waals surface area contributed by atoms with E-state index < -0.39 is 5.97 Å². The fourth-order valence-corrected chi connectivity index (χ4v) is 3.22. The number of hydrogen-bond donors (Lipinski definition) is 1. The second-order valence-electron chi connectivity index (χ2n) is 4.48. The Bertz CT molecular complexity index is 955. The van der Waals surface area contributed by atoms with E-state index in [4.69, 9.17) is 0 Å². The number of carboxylic acids is 1. The average molecular weight is 296 g/mol. The van der Waals surface area contributed by atoms with Gasteiger partial charge in [-0.3, -0.25) is 0 Å². The molecular weight excluding hydrogens is 288 g/mol. The van der Waals surface area contributed by atoms with Crippen LogP contribution in [0.1, 0.15) is 10.4 Å². The van der Waals surface area contributed by atoms with E-state index in [0.29, 0.717) is 10.3 Å². The summed E-state index contributed by atoms with van der Waals surface area (Å²) in [4.78, 5) is 12.2. The maximum Gasteiger partial charge on any atom is 0.336 e. The summed E-state index contributed by atoms with van der Waals surface area (Å²) >= 11 is 1.38. The molecule has 21 heavy (non-hydrogen) atoms. The second kappa shape index (κ2) is 4.35. The third kappa shape index (κ3) is 1.78. The van der Waals surface area contributed by atoms with E-state index >= 15 is 0 Å². The third-order valence-electron chi connectivity index (χ3n) is 3.25. The third-order valence-corrected chi connectivity index (χ3v) is 4.20. The number of aromatic carboxylic acids is 1. The molecule has 6 nitrogen and oxygen atoms in total. The zero-order valence-corrected chi connectivity index (χ0v) is 11.4. The van der Waals surface area contributed by atoms with Crippen LogP contribution in [-0.2, 0) is 0 Å². The van der Waals surface area contributed by atoms with Crippen molar-refractivity contribution in [1.29, 1.82) is 0 Å². The Morgan fingerprint density at radius 1 is 1.19 bits per heavy atom. The molecule has 2 aromatic carbocycles. The van der Waals surface area contributed by atoms with Gasteiger partial charge in [0, 0.05) is 10.9 Å². The molecule has 0 fully saturated rings. The normalized spacial score (nSPS) is 11.2. The number of carbonyl (C=O) groups is 1. The molecular formula is C14H8N4O2S. The van der Waals surface area contributed by atoms with Gasteiger partial charge in [0.05, 0.1) is 5.56 Å². The summed E-state index contributed by atoms with van der Waals surface area (Å²) in [6.07, 6.45) is 1.53. The first-order valence-electron chi connectivity index (χ1n) is 6.16. The van der Waals surface area contributed by atoms with Gasteiger partial charge < -0.3 is 5.11 Å². The first-order valence-corrected chi connectivity index (χ1v) is 6.98. The summed E-state index contributed by atoms with van der Waals surface area (Å²) in [5.74, 6) is -0.948. The molecule has 7 heteroatoms. The molecule has 0 unspecified atom stereocenters. The monoisotopic (exact) mass is 296 g/mol. The van der Waals surface area contributed by atoms with Crippen LogP contribution in [0.25, 0.3) is 26.3 Å². The van der Waals surface area contributed by atoms with Gasteiger partial charge >= 0.3 is 5.97 Å². The lowest BCUT2D eigenvalue weighted by Gasteiger charge is -2.06. The lowest BCUT2D eigenvalue weighted by atomic mass is 9.99. The Hall–Kier alpha value is -2.80. The fraction of sp³-hybridized carbons (Fsp3) is 0. The highest BCUT2D eigenvalue weighted by Crippen LogP contribution is 2.33. The fourth-order valence-electron chi connectivity index (χ4n) is 2.37. The molecule has 2 aromatic heterocycles. The maximum atomic E-state index is 11.5. The summed E-state index contributed by atoms with van der Waals surface area (Å²) in [5.41, 5.74) is 1.06. The predicted octanol–water partition coefficient (Wildman–Crippen LogP) is 2.70. The first kappa shape index (κ1) is 12.0. The largest absolute Gasteiger partial charge is 0.478 e. The molecule has 0 saturated heterocycles. The number of rotatable bonds is 2. The van der Waals surface area contributed by atoms with E-state index in [2.05, 4.69) is 15.3 Å². The molecule has 0 saturated carbocycles. The molecule has 102 valence electrons. The van der Waals surface area contributed by atoms with Crippen molar-refractivity contribution in [3.8, 4) is 10.6 Å². The molecule has 0 aliphatic rings. The van der Waals surface area contributed by atoms with E-state index in [9.17, 15) is 9.90 Å². The highest BCUT2D eigenvalue weighted by Gasteiger charge is 2.16. The molecule has 4 rings (SSSR count). The zero-order valence-electron chi connectivity index (χ0n) is 10.6. The molecule has 2 heterocycles. The van der Waals surface area contributed by atoms with Crippen molar-refractivity contribution in [2.75, 3.05) is 0 Å². The molecule has 0 aliphatic heterocycles. The Morgan fingerprint density at radius 3 is 2.76 bits per heavy atom. The first-order chi connectivity index (χ1) is 10.2. The van der Waals surface area contributed by atoms with Gasteiger partial charge in [0.2, 0.25) is 4.96 Å². The van der Waals surface area contributed by atoms with Crippen molar-refractivity contribution in [2.24, 2.45) is 0 Å². The summed E-state index contributed by atoms with van der Waals surface area (Å²) in [7, 11) is 0. The van der Waals surface area contributed by atoms with E-state index in [1.807, 2.05) is 24.3 Å². The number of benzene rings is 2. The minimum atomic E-state index is -0.948. The standard InChI is InChI=1S/C14H8N4O2S/c19-13(20)10-6-2-4-8-3-1-5-9(11(8)10)12-17-18-7-15-16-14(18)21-12/h1-7H,(H,19,20). The van der Waals surface area contributed by atoms with Crippen molar-refractivity contribution in [3.05, 3.63) is 48.3 Å². The molecule has 0 aliphatic carbocycles. The van der Waals surface area contributed by atoms with Crippen LogP contribution in [0.2, 0.25) is 0 Å². The van der Waals surface area contributed by atoms with Crippen LogP contribution in [0.5, 0.6) is 0 Å². The molecule has 0 bridgehead atoms. The summed E-state index contributed by atoms with van der Waals surface area (Å²) < 4.78 is 1.59. The van der Waals surface area contributed by atoms with Crippen molar-refractivity contribution < 1.29 is 9.90 Å².